The van der Waals surface area contributed by atoms with Crippen molar-refractivity contribution in [1.82, 2.24) is 4.47 Å². The largest absolute Gasteiger partial charge is 0.457 e. The summed E-state index contributed by atoms with van der Waals surface area (Å²) in [5.74, 6) is 2.32. The fraction of sp³-hybridized carbons (Fsp3) is 0.143. The Labute approximate surface area is 157 Å². The first-order valence-electron chi connectivity index (χ1n) is 8.45. The molecule has 3 aromatic rings. The highest BCUT2D eigenvalue weighted by Crippen LogP contribution is 2.38. The van der Waals surface area contributed by atoms with Crippen molar-refractivity contribution in [2.45, 2.75) is 24.5 Å². The molecule has 4 rings (SSSR count). The summed E-state index contributed by atoms with van der Waals surface area (Å²) in [6.07, 6.45) is -0.465. The normalized spacial score (nSPS) is 14.7. The molecule has 132 valence electrons. The van der Waals surface area contributed by atoms with Gasteiger partial charge in [0.2, 0.25) is 0 Å². The number of benzene rings is 3. The minimum atomic E-state index is -0.465. The summed E-state index contributed by atoms with van der Waals surface area (Å²) in [4.78, 5) is 7.06. The quantitative estimate of drug-likeness (QED) is 0.618. The summed E-state index contributed by atoms with van der Waals surface area (Å²) >= 11 is 1.54. The Morgan fingerprint density at radius 1 is 0.923 bits per heavy atom. The number of rotatable bonds is 5. The van der Waals surface area contributed by atoms with Crippen LogP contribution in [0.4, 0.5) is 0 Å². The van der Waals surface area contributed by atoms with E-state index in [-0.39, 0.29) is 0 Å². The van der Waals surface area contributed by atoms with Gasteiger partial charge in [-0.2, -0.15) is 0 Å². The van der Waals surface area contributed by atoms with Gasteiger partial charge in [-0.3, -0.25) is 0 Å². The molecule has 0 bridgehead atoms. The minimum Gasteiger partial charge on any atom is -0.457 e. The number of fused-ring (bicyclic) bond motifs is 1. The van der Waals surface area contributed by atoms with Crippen LogP contribution in [0.25, 0.3) is 0 Å². The molecule has 1 unspecified atom stereocenters. The molecule has 0 spiro atoms. The summed E-state index contributed by atoms with van der Waals surface area (Å²) in [6, 6.07) is 23.3. The van der Waals surface area contributed by atoms with Crippen molar-refractivity contribution in [3.63, 3.8) is 0 Å². The molecule has 1 N–H and O–H groups in total. The van der Waals surface area contributed by atoms with E-state index in [0.717, 1.165) is 27.7 Å². The van der Waals surface area contributed by atoms with E-state index in [1.807, 2.05) is 77.3 Å². The van der Waals surface area contributed by atoms with E-state index in [2.05, 4.69) is 0 Å². The van der Waals surface area contributed by atoms with Crippen molar-refractivity contribution < 1.29 is 14.7 Å². The average molecular weight is 365 g/mol. The fourth-order valence-electron chi connectivity index (χ4n) is 2.69. The molecule has 1 aliphatic heterocycles. The Bertz CT molecular complexity index is 882. The fourth-order valence-corrected chi connectivity index (χ4v) is 3.67. The first-order chi connectivity index (χ1) is 12.7. The number of para-hydroxylation sites is 1. The summed E-state index contributed by atoms with van der Waals surface area (Å²) in [6.45, 7) is 2.47. The molecule has 0 saturated heterocycles. The average Bonchev–Trinajstić information content (AvgIpc) is 3.05. The van der Waals surface area contributed by atoms with Crippen LogP contribution in [0.15, 0.2) is 77.7 Å². The molecular weight excluding hydrogens is 346 g/mol. The topological polar surface area (TPSA) is 41.9 Å². The monoisotopic (exact) mass is 365 g/mol. The summed E-state index contributed by atoms with van der Waals surface area (Å²) in [7, 11) is 0. The standard InChI is InChI=1S/C21H19NO3S/c1-15(23)16-7-8-17-14-22(26-21(17)13-16)25-20-11-9-19(10-12-20)24-18-5-3-2-4-6-18/h2-13,15,23H,14H2,1H3. The van der Waals surface area contributed by atoms with E-state index in [1.54, 1.807) is 6.92 Å². The second kappa shape index (κ2) is 7.41. The van der Waals surface area contributed by atoms with Crippen molar-refractivity contribution in [2.75, 3.05) is 0 Å². The van der Waals surface area contributed by atoms with Crippen LogP contribution in [-0.2, 0) is 6.54 Å². The van der Waals surface area contributed by atoms with Crippen molar-refractivity contribution in [2.24, 2.45) is 0 Å². The van der Waals surface area contributed by atoms with Gasteiger partial charge < -0.3 is 14.7 Å². The highest BCUT2D eigenvalue weighted by atomic mass is 32.2. The summed E-state index contributed by atoms with van der Waals surface area (Å²) < 4.78 is 7.63. The zero-order valence-electron chi connectivity index (χ0n) is 14.3. The maximum atomic E-state index is 9.72. The van der Waals surface area contributed by atoms with Gasteiger partial charge in [-0.1, -0.05) is 34.8 Å². The van der Waals surface area contributed by atoms with Gasteiger partial charge in [0, 0.05) is 4.90 Å². The third-order valence-electron chi connectivity index (χ3n) is 4.08. The van der Waals surface area contributed by atoms with E-state index >= 15 is 0 Å². The number of hydrogen-bond acceptors (Lipinski definition) is 5. The molecule has 5 heteroatoms. The first-order valence-corrected chi connectivity index (χ1v) is 9.22. The Hall–Kier alpha value is -2.47. The maximum Gasteiger partial charge on any atom is 0.149 e. The third-order valence-corrected chi connectivity index (χ3v) is 5.07. The smallest absolute Gasteiger partial charge is 0.149 e. The second-order valence-electron chi connectivity index (χ2n) is 6.10. The Kier molecular flexibility index (Phi) is 4.84. The third kappa shape index (κ3) is 3.85. The predicted octanol–water partition coefficient (Wildman–Crippen LogP) is 5.35. The Morgan fingerprint density at radius 2 is 1.62 bits per heavy atom. The molecule has 1 aliphatic rings. The lowest BCUT2D eigenvalue weighted by molar-refractivity contribution is 0.0469. The van der Waals surface area contributed by atoms with Gasteiger partial charge in [0.05, 0.1) is 12.6 Å². The van der Waals surface area contributed by atoms with Crippen molar-refractivity contribution in [3.05, 3.63) is 83.9 Å². The van der Waals surface area contributed by atoms with Gasteiger partial charge >= 0.3 is 0 Å². The molecule has 0 aliphatic carbocycles. The van der Waals surface area contributed by atoms with E-state index in [0.29, 0.717) is 6.54 Å². The lowest BCUT2D eigenvalue weighted by atomic mass is 10.1. The molecule has 0 aromatic heterocycles. The van der Waals surface area contributed by atoms with Gasteiger partial charge in [0.15, 0.2) is 0 Å². The Balaban J connectivity index is 1.39. The molecule has 0 fully saturated rings. The van der Waals surface area contributed by atoms with Crippen LogP contribution >= 0.6 is 11.9 Å². The van der Waals surface area contributed by atoms with Crippen molar-refractivity contribution >= 4 is 11.9 Å². The minimum absolute atomic E-state index is 0.465. The highest BCUT2D eigenvalue weighted by Gasteiger charge is 2.22. The van der Waals surface area contributed by atoms with Gasteiger partial charge in [-0.05, 0) is 72.5 Å². The van der Waals surface area contributed by atoms with Gasteiger partial charge in [0.1, 0.15) is 17.2 Å². The molecule has 0 saturated carbocycles. The number of ether oxygens (including phenoxy) is 1. The lowest BCUT2D eigenvalue weighted by Gasteiger charge is -2.15. The van der Waals surface area contributed by atoms with Gasteiger partial charge in [0.25, 0.3) is 0 Å². The van der Waals surface area contributed by atoms with Crippen LogP contribution in [0.5, 0.6) is 17.2 Å². The second-order valence-corrected chi connectivity index (χ2v) is 7.13. The van der Waals surface area contributed by atoms with E-state index in [4.69, 9.17) is 9.57 Å². The molecule has 1 atom stereocenters. The molecule has 0 radical (unpaired) electrons. The van der Waals surface area contributed by atoms with Crippen LogP contribution in [-0.4, -0.2) is 9.58 Å². The van der Waals surface area contributed by atoms with Crippen LogP contribution in [0.1, 0.15) is 24.2 Å². The summed E-state index contributed by atoms with van der Waals surface area (Å²) in [5.41, 5.74) is 2.11. The number of hydroxylamine groups is 1. The van der Waals surface area contributed by atoms with Crippen LogP contribution in [0.3, 0.4) is 0 Å². The van der Waals surface area contributed by atoms with Crippen LogP contribution in [0.2, 0.25) is 0 Å². The molecule has 0 amide bonds. The highest BCUT2D eigenvalue weighted by molar-refractivity contribution is 7.97. The van der Waals surface area contributed by atoms with E-state index < -0.39 is 6.10 Å². The SMILES string of the molecule is CC(O)c1ccc2c(c1)SN(Oc1ccc(Oc3ccccc3)cc1)C2. The van der Waals surface area contributed by atoms with Crippen LogP contribution in [0, 0.1) is 0 Å². The molecular formula is C21H19NO3S. The number of aliphatic hydroxyl groups excluding tert-OH is 1. The maximum absolute atomic E-state index is 9.72. The first kappa shape index (κ1) is 17.0. The van der Waals surface area contributed by atoms with E-state index in [1.165, 1.54) is 17.5 Å². The number of hydrogen-bond donors (Lipinski definition) is 1. The molecule has 26 heavy (non-hydrogen) atoms. The molecule has 4 nitrogen and oxygen atoms in total. The molecule has 1 heterocycles. The van der Waals surface area contributed by atoms with Crippen molar-refractivity contribution in [3.8, 4) is 17.2 Å². The lowest BCUT2D eigenvalue weighted by Crippen LogP contribution is -2.14. The molecule has 3 aromatic carbocycles. The predicted molar refractivity (Wildman–Crippen MR) is 102 cm³/mol. The van der Waals surface area contributed by atoms with E-state index in [9.17, 15) is 5.11 Å². The van der Waals surface area contributed by atoms with Gasteiger partial charge in [-0.15, -0.1) is 0 Å². The zero-order valence-corrected chi connectivity index (χ0v) is 15.1. The number of aliphatic hydroxyl groups is 1. The van der Waals surface area contributed by atoms with Crippen molar-refractivity contribution in [1.29, 1.82) is 0 Å². The number of nitrogens with zero attached hydrogens (tertiary/aromatic N) is 1. The summed E-state index contributed by atoms with van der Waals surface area (Å²) in [5, 5.41) is 9.72. The van der Waals surface area contributed by atoms with Gasteiger partial charge in [-0.25, -0.2) is 0 Å². The van der Waals surface area contributed by atoms with Crippen LogP contribution < -0.4 is 9.57 Å². The zero-order chi connectivity index (χ0) is 17.9. The Morgan fingerprint density at radius 3 is 2.35 bits per heavy atom.